The van der Waals surface area contributed by atoms with E-state index in [1.54, 1.807) is 20.1 Å². The molecule has 0 saturated heterocycles. The highest BCUT2D eigenvalue weighted by molar-refractivity contribution is 6.69. The Morgan fingerprint density at radius 2 is 2.03 bits per heavy atom. The number of aromatic nitrogens is 2. The van der Waals surface area contributed by atoms with E-state index >= 15 is 0 Å². The molecule has 170 valence electrons. The Balaban J connectivity index is 2.03. The van der Waals surface area contributed by atoms with Crippen LogP contribution in [0, 0.1) is 20.4 Å². The largest absolute Gasteiger partial charge is 0.496 e. The molecule has 0 atom stereocenters. The van der Waals surface area contributed by atoms with Gasteiger partial charge in [-0.1, -0.05) is 46.2 Å². The number of benzene rings is 2. The van der Waals surface area contributed by atoms with Gasteiger partial charge in [-0.15, -0.1) is 0 Å². The number of unbranched alkanes of at least 4 members (excludes halogenated alkanes) is 1. The third-order valence-electron chi connectivity index (χ3n) is 4.98. The minimum Gasteiger partial charge on any atom is -0.496 e. The number of ether oxygens (including phenoxy) is 1. The van der Waals surface area contributed by atoms with Crippen molar-refractivity contribution in [2.75, 3.05) is 14.2 Å². The van der Waals surface area contributed by atoms with Crippen LogP contribution >= 0.6 is 11.6 Å². The minimum absolute atomic E-state index is 0.195. The number of hydrogen-bond donors (Lipinski definition) is 0. The second kappa shape index (κ2) is 11.3. The fraction of sp³-hybridized carbons (Fsp3) is 0.280. The molecule has 3 aromatic rings. The second-order valence-corrected chi connectivity index (χ2v) is 7.70. The molecule has 0 N–H and O–H groups in total. The van der Waals surface area contributed by atoms with Crippen molar-refractivity contribution in [2.45, 2.75) is 33.1 Å². The molecule has 0 radical (unpaired) electrons. The lowest BCUT2D eigenvalue weighted by Crippen LogP contribution is -2.02. The zero-order chi connectivity index (χ0) is 23.8. The first-order valence-electron chi connectivity index (χ1n) is 10.4. The van der Waals surface area contributed by atoms with Crippen LogP contribution in [0.5, 0.6) is 5.75 Å². The third kappa shape index (κ3) is 5.99. The first-order valence-corrected chi connectivity index (χ1v) is 10.8. The number of halogens is 1. The zero-order valence-corrected chi connectivity index (χ0v) is 19.8. The molecule has 0 spiro atoms. The topological polar surface area (TPSA) is 74.1 Å². The van der Waals surface area contributed by atoms with Crippen molar-refractivity contribution >= 4 is 28.0 Å². The highest BCUT2D eigenvalue weighted by Crippen LogP contribution is 2.34. The lowest BCUT2D eigenvalue weighted by Gasteiger charge is -2.16. The number of oxime groups is 1. The molecule has 0 aliphatic rings. The fourth-order valence-electron chi connectivity index (χ4n) is 3.57. The predicted molar refractivity (Wildman–Crippen MR) is 129 cm³/mol. The molecule has 0 unspecified atom stereocenters. The molecular weight excluding hydrogens is 440 g/mol. The van der Waals surface area contributed by atoms with Crippen molar-refractivity contribution in [1.82, 2.24) is 10.1 Å². The van der Waals surface area contributed by atoms with Gasteiger partial charge < -0.3 is 14.1 Å². The van der Waals surface area contributed by atoms with Crippen molar-refractivity contribution in [2.24, 2.45) is 5.16 Å². The van der Waals surface area contributed by atoms with Gasteiger partial charge in [0.2, 0.25) is 5.89 Å². The van der Waals surface area contributed by atoms with E-state index in [0.29, 0.717) is 35.1 Å². The van der Waals surface area contributed by atoms with Crippen LogP contribution in [-0.2, 0) is 11.3 Å². The standard InChI is InChI=1S/C25H25ClN4O3/c1-16-13-19(15-22(24(16)31-4)25(26)30-32-5)21(18-9-8-10-20(14-18)27-3)11-6-7-12-23-28-17(2)29-33-23/h8-11,13-15H,6-7,12H2,1-2,4-5H3/b21-11-,30-25-. The molecule has 8 heteroatoms. The summed E-state index contributed by atoms with van der Waals surface area (Å²) in [6.45, 7) is 11.1. The molecule has 1 aromatic heterocycles. The quantitative estimate of drug-likeness (QED) is 0.162. The van der Waals surface area contributed by atoms with Gasteiger partial charge >= 0.3 is 0 Å². The number of nitrogens with zero attached hydrogens (tertiary/aromatic N) is 4. The first-order chi connectivity index (χ1) is 16.0. The lowest BCUT2D eigenvalue weighted by molar-refractivity contribution is 0.214. The Morgan fingerprint density at radius 1 is 1.21 bits per heavy atom. The van der Waals surface area contributed by atoms with Crippen LogP contribution in [0.25, 0.3) is 10.4 Å². The summed E-state index contributed by atoms with van der Waals surface area (Å²) in [5.41, 5.74) is 4.96. The predicted octanol–water partition coefficient (Wildman–Crippen LogP) is 6.25. The molecule has 0 aliphatic heterocycles. The molecule has 0 amide bonds. The highest BCUT2D eigenvalue weighted by Gasteiger charge is 2.16. The number of aryl methyl sites for hydroxylation is 3. The molecule has 0 saturated carbocycles. The second-order valence-electron chi connectivity index (χ2n) is 7.35. The highest BCUT2D eigenvalue weighted by atomic mass is 35.5. The summed E-state index contributed by atoms with van der Waals surface area (Å²) in [6.07, 6.45) is 4.45. The van der Waals surface area contributed by atoms with Crippen molar-refractivity contribution < 1.29 is 14.1 Å². The molecular formula is C25H25ClN4O3. The molecule has 3 rings (SSSR count). The van der Waals surface area contributed by atoms with Crippen LogP contribution in [0.3, 0.4) is 0 Å². The molecule has 0 bridgehead atoms. The van der Waals surface area contributed by atoms with Gasteiger partial charge in [0.1, 0.15) is 12.9 Å². The summed E-state index contributed by atoms with van der Waals surface area (Å²) in [7, 11) is 3.04. The van der Waals surface area contributed by atoms with Crippen molar-refractivity contribution in [1.29, 1.82) is 0 Å². The Kier molecular flexibility index (Phi) is 8.22. The van der Waals surface area contributed by atoms with E-state index in [9.17, 15) is 0 Å². The van der Waals surface area contributed by atoms with Gasteiger partial charge in [-0.05, 0) is 67.2 Å². The number of methoxy groups -OCH3 is 1. The van der Waals surface area contributed by atoms with Crippen LogP contribution in [-0.4, -0.2) is 29.5 Å². The van der Waals surface area contributed by atoms with Crippen molar-refractivity contribution in [3.05, 3.63) is 87.9 Å². The average Bonchev–Trinajstić information content (AvgIpc) is 3.23. The Hall–Kier alpha value is -3.63. The van der Waals surface area contributed by atoms with E-state index in [4.69, 9.17) is 32.3 Å². The van der Waals surface area contributed by atoms with Gasteiger partial charge in [0.25, 0.3) is 0 Å². The molecule has 33 heavy (non-hydrogen) atoms. The Bertz CT molecular complexity index is 1220. The molecule has 2 aromatic carbocycles. The van der Waals surface area contributed by atoms with E-state index in [1.165, 1.54) is 7.11 Å². The van der Waals surface area contributed by atoms with Crippen LogP contribution in [0.1, 0.15) is 46.8 Å². The molecule has 1 heterocycles. The molecule has 0 fully saturated rings. The summed E-state index contributed by atoms with van der Waals surface area (Å²) in [6, 6.07) is 11.5. The molecule has 0 aliphatic carbocycles. The van der Waals surface area contributed by atoms with Crippen molar-refractivity contribution in [3.8, 4) is 5.75 Å². The Labute approximate surface area is 198 Å². The van der Waals surface area contributed by atoms with Crippen LogP contribution in [0.4, 0.5) is 5.69 Å². The SMILES string of the molecule is [C-]#[N+]c1cccc(/C(=C/CCCc2nc(C)no2)c2cc(C)c(OC)c(/C(Cl)=N/OC)c2)c1. The average molecular weight is 465 g/mol. The van der Waals surface area contributed by atoms with Gasteiger partial charge in [-0.25, -0.2) is 4.85 Å². The van der Waals surface area contributed by atoms with Gasteiger partial charge in [0.15, 0.2) is 16.7 Å². The number of allylic oxidation sites excluding steroid dienone is 1. The summed E-state index contributed by atoms with van der Waals surface area (Å²) in [5.74, 6) is 1.89. The van der Waals surface area contributed by atoms with Gasteiger partial charge in [0, 0.05) is 6.42 Å². The van der Waals surface area contributed by atoms with Crippen LogP contribution in [0.2, 0.25) is 0 Å². The number of rotatable bonds is 9. The maximum absolute atomic E-state index is 7.39. The summed E-state index contributed by atoms with van der Waals surface area (Å²) in [5, 5.41) is 7.91. The maximum atomic E-state index is 7.39. The third-order valence-corrected chi connectivity index (χ3v) is 5.26. The normalized spacial score (nSPS) is 11.9. The smallest absolute Gasteiger partial charge is 0.226 e. The van der Waals surface area contributed by atoms with Gasteiger partial charge in [0.05, 0.1) is 19.2 Å². The molecule has 7 nitrogen and oxygen atoms in total. The van der Waals surface area contributed by atoms with E-state index in [-0.39, 0.29) is 5.17 Å². The van der Waals surface area contributed by atoms with E-state index in [0.717, 1.165) is 35.1 Å². The van der Waals surface area contributed by atoms with E-state index < -0.39 is 0 Å². The van der Waals surface area contributed by atoms with Crippen LogP contribution in [0.15, 0.2) is 52.2 Å². The van der Waals surface area contributed by atoms with Crippen LogP contribution < -0.4 is 4.74 Å². The Morgan fingerprint density at radius 3 is 2.70 bits per heavy atom. The van der Waals surface area contributed by atoms with E-state index in [1.807, 2.05) is 37.3 Å². The minimum atomic E-state index is 0.195. The first kappa shape index (κ1) is 24.0. The van der Waals surface area contributed by atoms with Crippen molar-refractivity contribution in [3.63, 3.8) is 0 Å². The van der Waals surface area contributed by atoms with Gasteiger partial charge in [-0.3, -0.25) is 0 Å². The van der Waals surface area contributed by atoms with E-state index in [2.05, 4.69) is 26.2 Å². The zero-order valence-electron chi connectivity index (χ0n) is 19.1. The monoisotopic (exact) mass is 464 g/mol. The summed E-state index contributed by atoms with van der Waals surface area (Å²) >= 11 is 6.39. The van der Waals surface area contributed by atoms with Gasteiger partial charge in [-0.2, -0.15) is 4.98 Å². The maximum Gasteiger partial charge on any atom is 0.226 e. The lowest BCUT2D eigenvalue weighted by atomic mass is 9.93. The fourth-order valence-corrected chi connectivity index (χ4v) is 3.78. The number of hydrogen-bond acceptors (Lipinski definition) is 6. The summed E-state index contributed by atoms with van der Waals surface area (Å²) < 4.78 is 10.8. The summed E-state index contributed by atoms with van der Waals surface area (Å²) in [4.78, 5) is 12.7.